The van der Waals surface area contributed by atoms with Gasteiger partial charge in [-0.3, -0.25) is 9.78 Å². The van der Waals surface area contributed by atoms with Crippen LogP contribution in [0, 0.1) is 18.6 Å². The van der Waals surface area contributed by atoms with Gasteiger partial charge < -0.3 is 0 Å². The van der Waals surface area contributed by atoms with Crippen molar-refractivity contribution in [3.63, 3.8) is 0 Å². The fourth-order valence-corrected chi connectivity index (χ4v) is 1.49. The zero-order valence-corrected chi connectivity index (χ0v) is 9.08. The van der Waals surface area contributed by atoms with Gasteiger partial charge >= 0.3 is 0 Å². The monoisotopic (exact) mass is 233 g/mol. The molecular formula is C13H9F2NO. The summed E-state index contributed by atoms with van der Waals surface area (Å²) in [5, 5.41) is 0. The van der Waals surface area contributed by atoms with Gasteiger partial charge in [0.2, 0.25) is 5.78 Å². The Morgan fingerprint density at radius 3 is 2.35 bits per heavy atom. The van der Waals surface area contributed by atoms with E-state index >= 15 is 0 Å². The van der Waals surface area contributed by atoms with Crippen molar-refractivity contribution in [2.75, 3.05) is 0 Å². The Hall–Kier alpha value is -2.10. The Morgan fingerprint density at radius 2 is 1.76 bits per heavy atom. The van der Waals surface area contributed by atoms with Crippen LogP contribution >= 0.6 is 0 Å². The summed E-state index contributed by atoms with van der Waals surface area (Å²) in [6.07, 6.45) is 1.48. The minimum atomic E-state index is -0.777. The minimum Gasteiger partial charge on any atom is -0.287 e. The highest BCUT2D eigenvalue weighted by Crippen LogP contribution is 2.12. The number of halogens is 2. The molecule has 0 atom stereocenters. The van der Waals surface area contributed by atoms with Crippen molar-refractivity contribution in [1.82, 2.24) is 4.98 Å². The molecule has 2 nitrogen and oxygen atoms in total. The van der Waals surface area contributed by atoms with Crippen LogP contribution in [0.5, 0.6) is 0 Å². The summed E-state index contributed by atoms with van der Waals surface area (Å²) < 4.78 is 25.9. The highest BCUT2D eigenvalue weighted by Gasteiger charge is 2.12. The van der Waals surface area contributed by atoms with Gasteiger partial charge in [0.05, 0.1) is 0 Å². The van der Waals surface area contributed by atoms with E-state index in [1.807, 2.05) is 6.92 Å². The minimum absolute atomic E-state index is 0.0411. The van der Waals surface area contributed by atoms with Crippen LogP contribution < -0.4 is 0 Å². The Kier molecular flexibility index (Phi) is 2.95. The van der Waals surface area contributed by atoms with Crippen LogP contribution in [0.4, 0.5) is 8.78 Å². The molecule has 2 rings (SSSR count). The van der Waals surface area contributed by atoms with E-state index in [1.165, 1.54) is 6.20 Å². The fraction of sp³-hybridized carbons (Fsp3) is 0.0769. The topological polar surface area (TPSA) is 30.0 Å². The Morgan fingerprint density at radius 1 is 1.12 bits per heavy atom. The number of nitrogens with zero attached hydrogens (tertiary/aromatic N) is 1. The first-order valence-electron chi connectivity index (χ1n) is 5.00. The highest BCUT2D eigenvalue weighted by atomic mass is 19.1. The zero-order valence-electron chi connectivity index (χ0n) is 9.08. The molecule has 0 unspecified atom stereocenters. The molecule has 2 aromatic rings. The van der Waals surface area contributed by atoms with Gasteiger partial charge in [-0.1, -0.05) is 0 Å². The van der Waals surface area contributed by atoms with Gasteiger partial charge in [0.15, 0.2) is 0 Å². The molecule has 0 saturated carbocycles. The summed E-state index contributed by atoms with van der Waals surface area (Å²) in [6.45, 7) is 1.81. The van der Waals surface area contributed by atoms with Crippen LogP contribution in [0.3, 0.4) is 0 Å². The third kappa shape index (κ3) is 2.53. The van der Waals surface area contributed by atoms with Gasteiger partial charge in [0.25, 0.3) is 0 Å². The SMILES string of the molecule is Cc1ccnc(C(=O)c2cc(F)cc(F)c2)c1. The number of carbonyl (C=O) groups is 1. The molecule has 0 amide bonds. The van der Waals surface area contributed by atoms with Crippen molar-refractivity contribution in [3.8, 4) is 0 Å². The molecule has 86 valence electrons. The van der Waals surface area contributed by atoms with Crippen LogP contribution in [-0.4, -0.2) is 10.8 Å². The molecule has 0 aliphatic rings. The largest absolute Gasteiger partial charge is 0.287 e. The second-order valence-electron chi connectivity index (χ2n) is 3.71. The number of aromatic nitrogens is 1. The van der Waals surface area contributed by atoms with Crippen LogP contribution in [0.2, 0.25) is 0 Å². The van der Waals surface area contributed by atoms with Gasteiger partial charge in [0.1, 0.15) is 17.3 Å². The first-order valence-corrected chi connectivity index (χ1v) is 5.00. The lowest BCUT2D eigenvalue weighted by atomic mass is 10.1. The van der Waals surface area contributed by atoms with Crippen molar-refractivity contribution < 1.29 is 13.6 Å². The van der Waals surface area contributed by atoms with Gasteiger partial charge in [-0.15, -0.1) is 0 Å². The zero-order chi connectivity index (χ0) is 12.4. The van der Waals surface area contributed by atoms with Crippen molar-refractivity contribution in [2.24, 2.45) is 0 Å². The maximum Gasteiger partial charge on any atom is 0.211 e. The normalized spacial score (nSPS) is 10.3. The van der Waals surface area contributed by atoms with Crippen molar-refractivity contribution in [1.29, 1.82) is 0 Å². The van der Waals surface area contributed by atoms with Gasteiger partial charge in [-0.25, -0.2) is 8.78 Å². The first-order chi connectivity index (χ1) is 8.06. The van der Waals surface area contributed by atoms with Crippen LogP contribution in [-0.2, 0) is 0 Å². The van der Waals surface area contributed by atoms with E-state index in [2.05, 4.69) is 4.98 Å². The number of carbonyl (C=O) groups excluding carboxylic acids is 1. The second kappa shape index (κ2) is 4.41. The molecular weight excluding hydrogens is 224 g/mol. The third-order valence-electron chi connectivity index (χ3n) is 2.27. The van der Waals surface area contributed by atoms with E-state index in [9.17, 15) is 13.6 Å². The smallest absolute Gasteiger partial charge is 0.211 e. The predicted octanol–water partition coefficient (Wildman–Crippen LogP) is 2.90. The third-order valence-corrected chi connectivity index (χ3v) is 2.27. The average Bonchev–Trinajstić information content (AvgIpc) is 2.26. The lowest BCUT2D eigenvalue weighted by Crippen LogP contribution is -2.05. The molecule has 0 spiro atoms. The standard InChI is InChI=1S/C13H9F2NO/c1-8-2-3-16-12(4-8)13(17)9-5-10(14)7-11(15)6-9/h2-7H,1H3. The van der Waals surface area contributed by atoms with E-state index in [1.54, 1.807) is 12.1 Å². The van der Waals surface area contributed by atoms with Crippen LogP contribution in [0.1, 0.15) is 21.6 Å². The number of ketones is 1. The Bertz CT molecular complexity index is 561. The number of hydrogen-bond acceptors (Lipinski definition) is 2. The van der Waals surface area contributed by atoms with E-state index in [-0.39, 0.29) is 11.3 Å². The van der Waals surface area contributed by atoms with E-state index in [4.69, 9.17) is 0 Å². The van der Waals surface area contributed by atoms with Crippen molar-refractivity contribution >= 4 is 5.78 Å². The number of benzene rings is 1. The van der Waals surface area contributed by atoms with E-state index in [0.717, 1.165) is 23.8 Å². The molecule has 4 heteroatoms. The predicted molar refractivity (Wildman–Crippen MR) is 58.8 cm³/mol. The summed E-state index contributed by atoms with van der Waals surface area (Å²) in [6, 6.07) is 6.03. The first kappa shape index (κ1) is 11.4. The molecule has 1 aromatic heterocycles. The summed E-state index contributed by atoms with van der Waals surface area (Å²) in [4.78, 5) is 15.8. The summed E-state index contributed by atoms with van der Waals surface area (Å²) >= 11 is 0. The molecule has 0 saturated heterocycles. The number of rotatable bonds is 2. The average molecular weight is 233 g/mol. The van der Waals surface area contributed by atoms with Crippen LogP contribution in [0.25, 0.3) is 0 Å². The number of aryl methyl sites for hydroxylation is 1. The molecule has 0 radical (unpaired) electrons. The molecule has 1 heterocycles. The van der Waals surface area contributed by atoms with Gasteiger partial charge in [-0.2, -0.15) is 0 Å². The maximum atomic E-state index is 13.0. The molecule has 0 fully saturated rings. The molecule has 0 aliphatic carbocycles. The number of hydrogen-bond donors (Lipinski definition) is 0. The van der Waals surface area contributed by atoms with E-state index in [0.29, 0.717) is 0 Å². The molecule has 0 aliphatic heterocycles. The summed E-state index contributed by atoms with van der Waals surface area (Å²) in [7, 11) is 0. The highest BCUT2D eigenvalue weighted by molar-refractivity contribution is 6.07. The second-order valence-corrected chi connectivity index (χ2v) is 3.71. The fourth-order valence-electron chi connectivity index (χ4n) is 1.49. The number of pyridine rings is 1. The van der Waals surface area contributed by atoms with E-state index < -0.39 is 17.4 Å². The lowest BCUT2D eigenvalue weighted by molar-refractivity contribution is 0.103. The quantitative estimate of drug-likeness (QED) is 0.746. The van der Waals surface area contributed by atoms with Crippen LogP contribution in [0.15, 0.2) is 36.5 Å². The van der Waals surface area contributed by atoms with Gasteiger partial charge in [0, 0.05) is 17.8 Å². The van der Waals surface area contributed by atoms with Gasteiger partial charge in [-0.05, 0) is 36.8 Å². The van der Waals surface area contributed by atoms with Crippen molar-refractivity contribution in [2.45, 2.75) is 6.92 Å². The Balaban J connectivity index is 2.43. The summed E-state index contributed by atoms with van der Waals surface area (Å²) in [5.74, 6) is -2.05. The molecule has 0 N–H and O–H groups in total. The lowest BCUT2D eigenvalue weighted by Gasteiger charge is -2.02. The van der Waals surface area contributed by atoms with Crippen molar-refractivity contribution in [3.05, 3.63) is 65.0 Å². The molecule has 17 heavy (non-hydrogen) atoms. The molecule has 0 bridgehead atoms. The Labute approximate surface area is 96.9 Å². The summed E-state index contributed by atoms with van der Waals surface area (Å²) in [5.41, 5.74) is 0.996. The molecule has 1 aromatic carbocycles. The maximum absolute atomic E-state index is 13.0.